The maximum atomic E-state index is 13.1. The summed E-state index contributed by atoms with van der Waals surface area (Å²) in [6.45, 7) is -0.0181. The van der Waals surface area contributed by atoms with Crippen LogP contribution in [0.5, 0.6) is 0 Å². The molecule has 0 atom stereocenters. The van der Waals surface area contributed by atoms with E-state index in [1.807, 2.05) is 30.3 Å². The van der Waals surface area contributed by atoms with Crippen molar-refractivity contribution in [3.8, 4) is 11.1 Å². The lowest BCUT2D eigenvalue weighted by Crippen LogP contribution is -2.23. The van der Waals surface area contributed by atoms with Gasteiger partial charge in [-0.3, -0.25) is 4.72 Å². The Morgan fingerprint density at radius 3 is 2.22 bits per heavy atom. The lowest BCUT2D eigenvalue weighted by molar-refractivity contribution is 0.498. The van der Waals surface area contributed by atoms with Crippen molar-refractivity contribution in [2.24, 2.45) is 0 Å². The second-order valence-electron chi connectivity index (χ2n) is 6.90. The fourth-order valence-electron chi connectivity index (χ4n) is 3.16. The van der Waals surface area contributed by atoms with Crippen LogP contribution in [0, 0.1) is 0 Å². The predicted octanol–water partition coefficient (Wildman–Crippen LogP) is 4.23. The molecule has 1 aromatic heterocycles. The summed E-state index contributed by atoms with van der Waals surface area (Å²) in [5.41, 5.74) is 1.44. The van der Waals surface area contributed by atoms with Crippen molar-refractivity contribution in [1.82, 2.24) is 4.72 Å². The molecule has 0 aliphatic rings. The second-order valence-corrected chi connectivity index (χ2v) is 10.3. The number of hydrogen-bond donors (Lipinski definition) is 2. The molecule has 7 nitrogen and oxygen atoms in total. The molecular weight excluding hydrogens is 448 g/mol. The van der Waals surface area contributed by atoms with Gasteiger partial charge in [-0.25, -0.2) is 21.6 Å². The van der Waals surface area contributed by atoms with Crippen LogP contribution in [0.25, 0.3) is 11.1 Å². The van der Waals surface area contributed by atoms with Crippen molar-refractivity contribution in [2.75, 3.05) is 4.72 Å². The molecule has 0 aliphatic carbocycles. The van der Waals surface area contributed by atoms with Crippen LogP contribution in [0.4, 0.5) is 5.69 Å². The predicted molar refractivity (Wildman–Crippen MR) is 122 cm³/mol. The molecule has 0 unspecified atom stereocenters. The minimum atomic E-state index is -3.98. The van der Waals surface area contributed by atoms with Crippen LogP contribution < -0.4 is 9.44 Å². The quantitative estimate of drug-likeness (QED) is 0.403. The number of rotatable bonds is 8. The van der Waals surface area contributed by atoms with E-state index >= 15 is 0 Å². The number of hydrogen-bond acceptors (Lipinski definition) is 5. The molecule has 32 heavy (non-hydrogen) atoms. The molecule has 0 amide bonds. The lowest BCUT2D eigenvalue weighted by atomic mass is 10.1. The lowest BCUT2D eigenvalue weighted by Gasteiger charge is -2.13. The summed E-state index contributed by atoms with van der Waals surface area (Å²) >= 11 is 0. The minimum Gasteiger partial charge on any atom is -0.468 e. The maximum Gasteiger partial charge on any atom is 0.262 e. The van der Waals surface area contributed by atoms with E-state index in [9.17, 15) is 16.8 Å². The van der Waals surface area contributed by atoms with Gasteiger partial charge in [0.15, 0.2) is 0 Å². The van der Waals surface area contributed by atoms with Gasteiger partial charge in [0.25, 0.3) is 10.0 Å². The van der Waals surface area contributed by atoms with Crippen LogP contribution >= 0.6 is 0 Å². The Labute approximate surface area is 186 Å². The maximum absolute atomic E-state index is 13.1. The topological polar surface area (TPSA) is 105 Å². The molecule has 0 spiro atoms. The Balaban J connectivity index is 1.60. The zero-order valence-electron chi connectivity index (χ0n) is 16.8. The van der Waals surface area contributed by atoms with E-state index in [0.717, 1.165) is 5.56 Å². The summed E-state index contributed by atoms with van der Waals surface area (Å²) in [7, 11) is -7.86. The standard InChI is InChI=1S/C23H20N2O5S2/c26-31(27,24-17-20-11-7-15-30-20)21-12-6-10-19(16-21)25-32(28,29)23-14-5-4-13-22(23)18-8-2-1-3-9-18/h1-16,24-25H,17H2. The molecule has 0 aliphatic heterocycles. The van der Waals surface area contributed by atoms with Gasteiger partial charge in [-0.15, -0.1) is 0 Å². The van der Waals surface area contributed by atoms with E-state index in [1.165, 1.54) is 36.6 Å². The van der Waals surface area contributed by atoms with Gasteiger partial charge in [-0.1, -0.05) is 54.6 Å². The molecule has 3 aromatic carbocycles. The fraction of sp³-hybridized carbons (Fsp3) is 0.0435. The largest absolute Gasteiger partial charge is 0.468 e. The van der Waals surface area contributed by atoms with Crippen LogP contribution in [0.15, 0.2) is 111 Å². The van der Waals surface area contributed by atoms with Gasteiger partial charge in [0.1, 0.15) is 5.76 Å². The van der Waals surface area contributed by atoms with Crippen LogP contribution in [0.1, 0.15) is 5.76 Å². The third-order valence-corrected chi connectivity index (χ3v) is 7.51. The number of sulfonamides is 2. The first kappa shape index (κ1) is 21.8. The molecule has 0 radical (unpaired) electrons. The van der Waals surface area contributed by atoms with Crippen LogP contribution in [-0.2, 0) is 26.6 Å². The Morgan fingerprint density at radius 1 is 0.719 bits per heavy atom. The summed E-state index contributed by atoms with van der Waals surface area (Å²) < 4.78 is 61.6. The van der Waals surface area contributed by atoms with Crippen molar-refractivity contribution in [3.05, 3.63) is 103 Å². The highest BCUT2D eigenvalue weighted by molar-refractivity contribution is 7.93. The van der Waals surface area contributed by atoms with Gasteiger partial charge >= 0.3 is 0 Å². The molecule has 0 saturated carbocycles. The monoisotopic (exact) mass is 468 g/mol. The average Bonchev–Trinajstić information content (AvgIpc) is 3.32. The third-order valence-electron chi connectivity index (χ3n) is 4.67. The van der Waals surface area contributed by atoms with E-state index in [-0.39, 0.29) is 22.0 Å². The van der Waals surface area contributed by atoms with Gasteiger partial charge in [-0.05, 0) is 42.0 Å². The summed E-state index contributed by atoms with van der Waals surface area (Å²) in [5.74, 6) is 0.461. The number of anilines is 1. The van der Waals surface area contributed by atoms with Crippen molar-refractivity contribution < 1.29 is 21.3 Å². The molecule has 2 N–H and O–H groups in total. The summed E-state index contributed by atoms with van der Waals surface area (Å²) in [5, 5.41) is 0. The zero-order chi connectivity index (χ0) is 22.6. The van der Waals surface area contributed by atoms with Gasteiger partial charge in [0, 0.05) is 5.56 Å². The van der Waals surface area contributed by atoms with E-state index in [2.05, 4.69) is 9.44 Å². The van der Waals surface area contributed by atoms with Gasteiger partial charge in [0.2, 0.25) is 10.0 Å². The first-order valence-electron chi connectivity index (χ1n) is 9.64. The van der Waals surface area contributed by atoms with Gasteiger partial charge in [-0.2, -0.15) is 0 Å². The molecule has 0 bridgehead atoms. The number of furan rings is 1. The molecule has 0 fully saturated rings. The Bertz CT molecular complexity index is 1420. The van der Waals surface area contributed by atoms with Crippen molar-refractivity contribution in [1.29, 1.82) is 0 Å². The summed E-state index contributed by atoms with van der Waals surface area (Å²) in [4.78, 5) is 0.0241. The van der Waals surface area contributed by atoms with Crippen molar-refractivity contribution in [3.63, 3.8) is 0 Å². The fourth-order valence-corrected chi connectivity index (χ4v) is 5.48. The third kappa shape index (κ3) is 4.91. The van der Waals surface area contributed by atoms with E-state index in [1.54, 1.807) is 30.3 Å². The normalized spacial score (nSPS) is 11.9. The highest BCUT2D eigenvalue weighted by Crippen LogP contribution is 2.29. The van der Waals surface area contributed by atoms with Gasteiger partial charge < -0.3 is 4.42 Å². The minimum absolute atomic E-state index is 0.0181. The van der Waals surface area contributed by atoms with Gasteiger partial charge in [0.05, 0.1) is 28.3 Å². The molecule has 1 heterocycles. The molecule has 4 aromatic rings. The highest BCUT2D eigenvalue weighted by atomic mass is 32.2. The Hall–Kier alpha value is -3.40. The number of benzene rings is 3. The van der Waals surface area contributed by atoms with Crippen molar-refractivity contribution in [2.45, 2.75) is 16.3 Å². The van der Waals surface area contributed by atoms with Crippen LogP contribution in [0.3, 0.4) is 0 Å². The molecular formula is C23H20N2O5S2. The smallest absolute Gasteiger partial charge is 0.262 e. The SMILES string of the molecule is O=S(=O)(NCc1ccco1)c1cccc(NS(=O)(=O)c2ccccc2-c2ccccc2)c1. The summed E-state index contributed by atoms with van der Waals surface area (Å²) in [6.07, 6.45) is 1.45. The summed E-state index contributed by atoms with van der Waals surface area (Å²) in [6, 6.07) is 24.7. The molecule has 9 heteroatoms. The van der Waals surface area contributed by atoms with Crippen molar-refractivity contribution >= 4 is 25.7 Å². The van der Waals surface area contributed by atoms with Crippen LogP contribution in [0.2, 0.25) is 0 Å². The molecule has 0 saturated heterocycles. The number of nitrogens with one attached hydrogen (secondary N) is 2. The Morgan fingerprint density at radius 2 is 1.47 bits per heavy atom. The first-order valence-corrected chi connectivity index (χ1v) is 12.6. The second kappa shape index (κ2) is 8.99. The molecule has 164 valence electrons. The molecule has 4 rings (SSSR count). The van der Waals surface area contributed by atoms with Crippen LogP contribution in [-0.4, -0.2) is 16.8 Å². The van der Waals surface area contributed by atoms with E-state index < -0.39 is 20.0 Å². The average molecular weight is 469 g/mol. The van der Waals surface area contributed by atoms with E-state index in [0.29, 0.717) is 11.3 Å². The van der Waals surface area contributed by atoms with E-state index in [4.69, 9.17) is 4.42 Å². The Kier molecular flexibility index (Phi) is 6.13. The first-order chi connectivity index (χ1) is 15.4. The highest BCUT2D eigenvalue weighted by Gasteiger charge is 2.21. The zero-order valence-corrected chi connectivity index (χ0v) is 18.4.